The molecule has 0 aliphatic rings. The molecule has 0 radical (unpaired) electrons. The molecule has 32 heavy (non-hydrogen) atoms. The molecule has 0 amide bonds. The number of esters is 1. The summed E-state index contributed by atoms with van der Waals surface area (Å²) in [6.07, 6.45) is 0.587. The number of aromatic carboxylic acids is 1. The fraction of sp³-hybridized carbons (Fsp3) is 0.333. The van der Waals surface area contributed by atoms with Gasteiger partial charge in [-0.05, 0) is 40.2 Å². The fourth-order valence-electron chi connectivity index (χ4n) is 3.50. The maximum Gasteiger partial charge on any atom is 0.356 e. The standard InChI is InChI=1S/C24H27N3O5/c1-7-15-11-9-10-12-16(15)20-19(21(23(30)31-8-2)32-24(4,5)6)14(3)25-18-13-17(22(28)29)26-27(18)20/h7,9-13,21H,1,8H2,2-6H3,(H,28,29)/t21-/m0/s1. The molecule has 8 nitrogen and oxygen atoms in total. The molecule has 2 aromatic heterocycles. The van der Waals surface area contributed by atoms with Gasteiger partial charge in [0.15, 0.2) is 17.4 Å². The van der Waals surface area contributed by atoms with Crippen LogP contribution in [0.15, 0.2) is 36.9 Å². The van der Waals surface area contributed by atoms with Gasteiger partial charge in [-0.2, -0.15) is 5.10 Å². The normalized spacial score (nSPS) is 12.5. The number of ether oxygens (including phenoxy) is 2. The molecular weight excluding hydrogens is 410 g/mol. The van der Waals surface area contributed by atoms with Gasteiger partial charge in [0.2, 0.25) is 0 Å². The number of carboxylic acid groups (broad SMARTS) is 1. The number of hydrogen-bond acceptors (Lipinski definition) is 6. The van der Waals surface area contributed by atoms with Crippen LogP contribution in [-0.2, 0) is 14.3 Å². The van der Waals surface area contributed by atoms with Crippen LogP contribution in [0.25, 0.3) is 23.0 Å². The maximum absolute atomic E-state index is 13.0. The van der Waals surface area contributed by atoms with Gasteiger partial charge < -0.3 is 14.6 Å². The van der Waals surface area contributed by atoms with E-state index in [1.54, 1.807) is 19.9 Å². The summed E-state index contributed by atoms with van der Waals surface area (Å²) in [6.45, 7) is 13.1. The summed E-state index contributed by atoms with van der Waals surface area (Å²) in [4.78, 5) is 29.2. The molecule has 1 aromatic carbocycles. The molecule has 0 saturated carbocycles. The third-order valence-electron chi connectivity index (χ3n) is 4.72. The zero-order chi connectivity index (χ0) is 23.6. The number of carboxylic acids is 1. The van der Waals surface area contributed by atoms with Gasteiger partial charge in [-0.3, -0.25) is 0 Å². The van der Waals surface area contributed by atoms with Crippen LogP contribution in [0.2, 0.25) is 0 Å². The Bertz CT molecular complexity index is 1190. The minimum atomic E-state index is -1.18. The SMILES string of the molecule is C=Cc1ccccc1-c1c([C@H](OC(C)(C)C)C(=O)OCC)c(C)nc2cc(C(=O)O)nn12. The molecule has 0 saturated heterocycles. The minimum Gasteiger partial charge on any atom is -0.476 e. The van der Waals surface area contributed by atoms with Gasteiger partial charge in [0, 0.05) is 22.9 Å². The van der Waals surface area contributed by atoms with Crippen LogP contribution in [0.5, 0.6) is 0 Å². The number of fused-ring (bicyclic) bond motifs is 1. The summed E-state index contributed by atoms with van der Waals surface area (Å²) < 4.78 is 12.9. The number of nitrogens with zero attached hydrogens (tertiary/aromatic N) is 3. The topological polar surface area (TPSA) is 103 Å². The summed E-state index contributed by atoms with van der Waals surface area (Å²) in [6, 6.07) is 8.84. The molecule has 2 heterocycles. The van der Waals surface area contributed by atoms with E-state index >= 15 is 0 Å². The highest BCUT2D eigenvalue weighted by atomic mass is 16.6. The van der Waals surface area contributed by atoms with Crippen LogP contribution >= 0.6 is 0 Å². The van der Waals surface area contributed by atoms with Crippen molar-refractivity contribution in [3.63, 3.8) is 0 Å². The van der Waals surface area contributed by atoms with Crippen molar-refractivity contribution in [2.24, 2.45) is 0 Å². The molecule has 3 aromatic rings. The molecule has 0 fully saturated rings. The highest BCUT2D eigenvalue weighted by molar-refractivity contribution is 5.88. The predicted octanol–water partition coefficient (Wildman–Crippen LogP) is 4.47. The lowest BCUT2D eigenvalue weighted by atomic mass is 9.95. The van der Waals surface area contributed by atoms with E-state index in [4.69, 9.17) is 9.47 Å². The third-order valence-corrected chi connectivity index (χ3v) is 4.72. The number of carbonyl (C=O) groups excluding carboxylic acids is 1. The van der Waals surface area contributed by atoms with Crippen molar-refractivity contribution in [1.29, 1.82) is 0 Å². The molecule has 8 heteroatoms. The van der Waals surface area contributed by atoms with E-state index < -0.39 is 23.6 Å². The van der Waals surface area contributed by atoms with E-state index in [2.05, 4.69) is 16.7 Å². The molecule has 3 rings (SSSR count). The summed E-state index contributed by atoms with van der Waals surface area (Å²) in [5, 5.41) is 13.8. The van der Waals surface area contributed by atoms with Crippen LogP contribution in [0, 0.1) is 6.92 Å². The molecule has 168 valence electrons. The smallest absolute Gasteiger partial charge is 0.356 e. The van der Waals surface area contributed by atoms with Crippen molar-refractivity contribution < 1.29 is 24.2 Å². The predicted molar refractivity (Wildman–Crippen MR) is 120 cm³/mol. The Morgan fingerprint density at radius 1 is 1.28 bits per heavy atom. The van der Waals surface area contributed by atoms with Gasteiger partial charge in [-0.25, -0.2) is 19.1 Å². The first-order chi connectivity index (χ1) is 15.1. The van der Waals surface area contributed by atoms with Crippen molar-refractivity contribution in [2.75, 3.05) is 6.61 Å². The highest BCUT2D eigenvalue weighted by Gasteiger charge is 2.34. The second-order valence-corrected chi connectivity index (χ2v) is 8.22. The van der Waals surface area contributed by atoms with E-state index in [-0.39, 0.29) is 12.3 Å². The number of hydrogen-bond donors (Lipinski definition) is 1. The van der Waals surface area contributed by atoms with Crippen LogP contribution in [-0.4, -0.2) is 43.9 Å². The molecule has 0 unspecified atom stereocenters. The van der Waals surface area contributed by atoms with Gasteiger partial charge in [0.25, 0.3) is 0 Å². The van der Waals surface area contributed by atoms with Crippen molar-refractivity contribution >= 4 is 23.7 Å². The molecule has 0 spiro atoms. The number of benzene rings is 1. The number of aryl methyl sites for hydroxylation is 1. The van der Waals surface area contributed by atoms with Gasteiger partial charge in [-0.15, -0.1) is 0 Å². The number of aromatic nitrogens is 3. The monoisotopic (exact) mass is 437 g/mol. The van der Waals surface area contributed by atoms with Crippen LogP contribution in [0.1, 0.15) is 61.1 Å². The van der Waals surface area contributed by atoms with Crippen molar-refractivity contribution in [2.45, 2.75) is 46.3 Å². The first-order valence-corrected chi connectivity index (χ1v) is 10.3. The van der Waals surface area contributed by atoms with Crippen LogP contribution in [0.3, 0.4) is 0 Å². The van der Waals surface area contributed by atoms with Crippen LogP contribution < -0.4 is 0 Å². The second-order valence-electron chi connectivity index (χ2n) is 8.22. The van der Waals surface area contributed by atoms with E-state index in [0.29, 0.717) is 28.2 Å². The fourth-order valence-corrected chi connectivity index (χ4v) is 3.50. The zero-order valence-electron chi connectivity index (χ0n) is 18.9. The molecule has 0 aliphatic heterocycles. The van der Waals surface area contributed by atoms with E-state index in [1.807, 2.05) is 45.0 Å². The van der Waals surface area contributed by atoms with Crippen molar-refractivity contribution in [3.8, 4) is 11.3 Å². The first-order valence-electron chi connectivity index (χ1n) is 10.3. The van der Waals surface area contributed by atoms with Gasteiger partial charge in [0.05, 0.1) is 17.9 Å². The molecule has 0 bridgehead atoms. The average molecular weight is 437 g/mol. The summed E-state index contributed by atoms with van der Waals surface area (Å²) in [5.74, 6) is -1.74. The van der Waals surface area contributed by atoms with Gasteiger partial charge >= 0.3 is 11.9 Å². The maximum atomic E-state index is 13.0. The summed E-state index contributed by atoms with van der Waals surface area (Å²) in [7, 11) is 0. The van der Waals surface area contributed by atoms with E-state index in [1.165, 1.54) is 10.6 Å². The molecule has 1 atom stereocenters. The molecule has 0 aliphatic carbocycles. The third kappa shape index (κ3) is 4.55. The largest absolute Gasteiger partial charge is 0.476 e. The Morgan fingerprint density at radius 2 is 1.97 bits per heavy atom. The summed E-state index contributed by atoms with van der Waals surface area (Å²) in [5.41, 5.74) is 2.46. The Labute approximate surface area is 186 Å². The molecular formula is C24H27N3O5. The van der Waals surface area contributed by atoms with Gasteiger partial charge in [0.1, 0.15) is 0 Å². The zero-order valence-corrected chi connectivity index (χ0v) is 18.9. The number of carbonyl (C=O) groups is 2. The first kappa shape index (κ1) is 23.1. The summed E-state index contributed by atoms with van der Waals surface area (Å²) >= 11 is 0. The molecule has 1 N–H and O–H groups in total. The quantitative estimate of drug-likeness (QED) is 0.544. The Kier molecular flexibility index (Phi) is 6.45. The van der Waals surface area contributed by atoms with E-state index in [0.717, 1.165) is 5.56 Å². The Morgan fingerprint density at radius 3 is 2.56 bits per heavy atom. The van der Waals surface area contributed by atoms with E-state index in [9.17, 15) is 14.7 Å². The lowest BCUT2D eigenvalue weighted by Crippen LogP contribution is -2.30. The Balaban J connectivity index is 2.45. The highest BCUT2D eigenvalue weighted by Crippen LogP contribution is 2.37. The lowest BCUT2D eigenvalue weighted by molar-refractivity contribution is -0.166. The van der Waals surface area contributed by atoms with Gasteiger partial charge in [-0.1, -0.05) is 36.9 Å². The Hall–Kier alpha value is -3.52. The van der Waals surface area contributed by atoms with Crippen LogP contribution in [0.4, 0.5) is 0 Å². The minimum absolute atomic E-state index is 0.157. The van der Waals surface area contributed by atoms with Crippen molar-refractivity contribution in [1.82, 2.24) is 14.6 Å². The number of rotatable bonds is 7. The average Bonchev–Trinajstić information content (AvgIpc) is 3.14. The lowest BCUT2D eigenvalue weighted by Gasteiger charge is -2.29. The second kappa shape index (κ2) is 8.92. The van der Waals surface area contributed by atoms with Crippen molar-refractivity contribution in [3.05, 3.63) is 59.4 Å².